The van der Waals surface area contributed by atoms with E-state index in [4.69, 9.17) is 23.1 Å². The van der Waals surface area contributed by atoms with E-state index in [1.807, 2.05) is 41.5 Å². The van der Waals surface area contributed by atoms with Crippen LogP contribution in [0.3, 0.4) is 0 Å². The van der Waals surface area contributed by atoms with Crippen molar-refractivity contribution in [2.45, 2.75) is 134 Å². The number of ether oxygens (including phenoxy) is 4. The molecular weight excluding hydrogens is 480 g/mol. The van der Waals surface area contributed by atoms with E-state index in [0.717, 1.165) is 44.1 Å². The highest BCUT2D eigenvalue weighted by molar-refractivity contribution is 7.96. The van der Waals surface area contributed by atoms with Crippen LogP contribution in [0.15, 0.2) is 0 Å². The van der Waals surface area contributed by atoms with E-state index >= 15 is 0 Å². The van der Waals surface area contributed by atoms with Gasteiger partial charge in [-0.05, 0) is 43.9 Å². The van der Waals surface area contributed by atoms with Gasteiger partial charge >= 0.3 is 5.97 Å². The van der Waals surface area contributed by atoms with E-state index in [9.17, 15) is 9.00 Å². The van der Waals surface area contributed by atoms with Crippen LogP contribution in [-0.4, -0.2) is 70.6 Å². The van der Waals surface area contributed by atoms with E-state index in [2.05, 4.69) is 5.87 Å². The number of esters is 1. The Morgan fingerprint density at radius 1 is 0.778 bits per heavy atom. The number of carbonyl (C=O) groups excluding carboxylic acids is 1. The third-order valence-corrected chi connectivity index (χ3v) is 10.9. The van der Waals surface area contributed by atoms with Crippen LogP contribution < -0.4 is 0 Å². The Kier molecular flexibility index (Phi) is 9.13. The molecule has 8 heteroatoms. The molecule has 2 aliphatic carbocycles. The highest BCUT2D eigenvalue weighted by Crippen LogP contribution is 2.54. The lowest BCUT2D eigenvalue weighted by atomic mass is 9.90. The van der Waals surface area contributed by atoms with Gasteiger partial charge < -0.3 is 18.9 Å². The zero-order valence-electron chi connectivity index (χ0n) is 23.1. The average molecular weight is 529 g/mol. The molecule has 0 spiro atoms. The zero-order valence-corrected chi connectivity index (χ0v) is 23.9. The van der Waals surface area contributed by atoms with Crippen molar-refractivity contribution in [1.29, 1.82) is 0 Å². The van der Waals surface area contributed by atoms with E-state index < -0.39 is 9.80 Å². The molecule has 9 rings (SSSR count). The predicted molar refractivity (Wildman–Crippen MR) is 141 cm³/mol. The third-order valence-electron chi connectivity index (χ3n) is 8.90. The fourth-order valence-corrected chi connectivity index (χ4v) is 9.83. The van der Waals surface area contributed by atoms with Crippen LogP contribution in [0, 0.1) is 23.7 Å². The lowest BCUT2D eigenvalue weighted by Gasteiger charge is -2.12. The summed E-state index contributed by atoms with van der Waals surface area (Å²) >= 11 is 0. The number of hydrogen-bond acceptors (Lipinski definition) is 7. The van der Waals surface area contributed by atoms with E-state index in [1.165, 1.54) is 19.3 Å². The van der Waals surface area contributed by atoms with Gasteiger partial charge in [-0.15, -0.1) is 0 Å². The van der Waals surface area contributed by atoms with Crippen molar-refractivity contribution >= 4 is 21.6 Å². The number of fused-ring (bicyclic) bond motifs is 3. The van der Waals surface area contributed by atoms with Crippen LogP contribution in [0.2, 0.25) is 0 Å². The van der Waals surface area contributed by atoms with Crippen molar-refractivity contribution in [3.8, 4) is 0 Å². The van der Waals surface area contributed by atoms with Crippen molar-refractivity contribution in [2.24, 2.45) is 23.7 Å². The average Bonchev–Trinajstić information content (AvgIpc) is 3.72. The summed E-state index contributed by atoms with van der Waals surface area (Å²) in [7, 11) is -2.13. The first kappa shape index (κ1) is 28.3. The number of carbonyl (C=O) groups is 1. The molecule has 7 aliphatic heterocycles. The second kappa shape index (κ2) is 11.6. The largest absolute Gasteiger partial charge is 0.459 e. The van der Waals surface area contributed by atoms with Gasteiger partial charge in [0.25, 0.3) is 0 Å². The second-order valence-electron chi connectivity index (χ2n) is 10.7. The zero-order chi connectivity index (χ0) is 26.2. The summed E-state index contributed by atoms with van der Waals surface area (Å²) in [6.07, 6.45) is 10.2. The molecule has 0 amide bonds. The molecule has 0 aromatic carbocycles. The van der Waals surface area contributed by atoms with E-state index in [-0.39, 0.29) is 24.1 Å². The molecule has 0 N–H and O–H groups in total. The Labute approximate surface area is 218 Å². The Morgan fingerprint density at radius 2 is 1.44 bits per heavy atom. The molecule has 0 radical (unpaired) electrons. The summed E-state index contributed by atoms with van der Waals surface area (Å²) < 4.78 is 38.8. The molecule has 208 valence electrons. The van der Waals surface area contributed by atoms with Gasteiger partial charge in [-0.3, -0.25) is 8.98 Å². The first-order chi connectivity index (χ1) is 17.4. The van der Waals surface area contributed by atoms with Gasteiger partial charge in [-0.2, -0.15) is 0 Å². The summed E-state index contributed by atoms with van der Waals surface area (Å²) in [4.78, 5) is 11.0. The minimum absolute atomic E-state index is 0.0324. The van der Waals surface area contributed by atoms with E-state index in [1.54, 1.807) is 0 Å². The summed E-state index contributed by atoms with van der Waals surface area (Å²) in [5.74, 6) is 5.91. The van der Waals surface area contributed by atoms with Crippen LogP contribution in [0.4, 0.5) is 0 Å². The number of hydrogen-bond donors (Lipinski definition) is 0. The topological polar surface area (TPSA) is 80.3 Å². The van der Waals surface area contributed by atoms with Crippen LogP contribution in [0.1, 0.15) is 86.5 Å². The molecule has 13 unspecified atom stereocenters. The van der Waals surface area contributed by atoms with Gasteiger partial charge in [0.15, 0.2) is 0 Å². The normalized spacial score (nSPS) is 51.4. The monoisotopic (exact) mass is 528 g/mol. The fourth-order valence-electron chi connectivity index (χ4n) is 7.66. The maximum absolute atomic E-state index is 11.7. The van der Waals surface area contributed by atoms with Crippen LogP contribution >= 0.6 is 0 Å². The van der Waals surface area contributed by atoms with Crippen molar-refractivity contribution in [2.75, 3.05) is 6.61 Å². The maximum Gasteiger partial charge on any atom is 0.312 e. The van der Waals surface area contributed by atoms with Crippen LogP contribution in [0.5, 0.6) is 0 Å². The minimum Gasteiger partial charge on any atom is -0.459 e. The fraction of sp³-hybridized carbons (Fsp3) is 0.929. The molecule has 0 aromatic rings. The molecule has 7 nitrogen and oxygen atoms in total. The Hall–Kier alpha value is -0.670. The van der Waals surface area contributed by atoms with Crippen molar-refractivity contribution in [3.63, 3.8) is 0 Å². The molecule has 7 heterocycles. The second-order valence-corrected chi connectivity index (χ2v) is 12.8. The highest BCUT2D eigenvalue weighted by atomic mass is 32.2. The number of rotatable bonds is 0. The molecule has 2 saturated carbocycles. The van der Waals surface area contributed by atoms with Crippen LogP contribution in [0.25, 0.3) is 0 Å². The Bertz CT molecular complexity index is 839. The third kappa shape index (κ3) is 5.02. The minimum atomic E-state index is -2.13. The summed E-state index contributed by atoms with van der Waals surface area (Å²) in [6.45, 7) is 13.0. The standard InChI is InChI=1S/C8H12O2S.C7H8O3.C7H10O2.3C2H6/c1-11(9)8-4-5-2-6(8)7(3-5)10-11;8-7-4-1-3-2-5(10-7)6(4)9-3;1-4-3-8-6-2-5(1)9-7(4)6;3*1-2/h5-8H,1-4H2;3-6H,1-2H2;4-7H,1-3H2;3*1-2H3. The van der Waals surface area contributed by atoms with Gasteiger partial charge in [0.2, 0.25) is 0 Å². The molecular formula is C28H48O7S. The summed E-state index contributed by atoms with van der Waals surface area (Å²) in [5.41, 5.74) is 0. The molecule has 7 saturated heterocycles. The molecule has 36 heavy (non-hydrogen) atoms. The molecule has 9 fully saturated rings. The predicted octanol–water partition coefficient (Wildman–Crippen LogP) is 4.55. The van der Waals surface area contributed by atoms with E-state index in [0.29, 0.717) is 41.7 Å². The summed E-state index contributed by atoms with van der Waals surface area (Å²) in [6, 6.07) is 0. The highest BCUT2D eigenvalue weighted by Gasteiger charge is 2.58. The van der Waals surface area contributed by atoms with Crippen LogP contribution in [-0.2, 0) is 37.7 Å². The molecule has 13 atom stereocenters. The lowest BCUT2D eigenvalue weighted by molar-refractivity contribution is -0.143. The van der Waals surface area contributed by atoms with Gasteiger partial charge in [0, 0.05) is 24.7 Å². The first-order valence-electron chi connectivity index (χ1n) is 14.6. The van der Waals surface area contributed by atoms with Crippen molar-refractivity contribution < 1.29 is 32.1 Å². The molecule has 9 aliphatic rings. The quantitative estimate of drug-likeness (QED) is 0.337. The van der Waals surface area contributed by atoms with Gasteiger partial charge in [-0.1, -0.05) is 41.5 Å². The summed E-state index contributed by atoms with van der Waals surface area (Å²) in [5, 5.41) is 0.311. The van der Waals surface area contributed by atoms with Crippen molar-refractivity contribution in [3.05, 3.63) is 0 Å². The smallest absolute Gasteiger partial charge is 0.312 e. The van der Waals surface area contributed by atoms with Gasteiger partial charge in [-0.25, -0.2) is 4.21 Å². The first-order valence-corrected chi connectivity index (χ1v) is 16.3. The Balaban J connectivity index is 0.000000115. The SMILES string of the molecule is C1OC2CC3CC1C2O3.C=S1(=O)OC2CC3CC2C1C3.CC.CC.CC.O=C1OC2CC3CC1C2O3. The van der Waals surface area contributed by atoms with Gasteiger partial charge in [0.1, 0.15) is 12.2 Å². The Morgan fingerprint density at radius 3 is 1.94 bits per heavy atom. The van der Waals surface area contributed by atoms with Crippen molar-refractivity contribution in [1.82, 2.24) is 0 Å². The maximum atomic E-state index is 11.7. The lowest BCUT2D eigenvalue weighted by Crippen LogP contribution is -2.22. The molecule has 6 bridgehead atoms. The van der Waals surface area contributed by atoms with Gasteiger partial charge in [0.05, 0.1) is 58.1 Å². The molecule has 0 aromatic heterocycles.